The van der Waals surface area contributed by atoms with Gasteiger partial charge in [-0.05, 0) is 29.8 Å². The number of benzene rings is 2. The summed E-state index contributed by atoms with van der Waals surface area (Å²) < 4.78 is 20.0. The summed E-state index contributed by atoms with van der Waals surface area (Å²) in [5, 5.41) is 10.5. The van der Waals surface area contributed by atoms with Crippen molar-refractivity contribution in [3.05, 3.63) is 63.9 Å². The van der Waals surface area contributed by atoms with Gasteiger partial charge in [0, 0.05) is 28.6 Å². The molecule has 112 valence electrons. The van der Waals surface area contributed by atoms with Crippen LogP contribution in [0.1, 0.15) is 23.1 Å². The van der Waals surface area contributed by atoms with E-state index >= 15 is 0 Å². The van der Waals surface area contributed by atoms with E-state index in [0.29, 0.717) is 5.75 Å². The number of methoxy groups -OCH3 is 1. The van der Waals surface area contributed by atoms with Gasteiger partial charge in [-0.3, -0.25) is 0 Å². The molecule has 0 heterocycles. The van der Waals surface area contributed by atoms with E-state index in [0.717, 1.165) is 10.0 Å². The molecule has 0 bridgehead atoms. The molecule has 5 heteroatoms. The molecule has 0 aliphatic rings. The van der Waals surface area contributed by atoms with Crippen LogP contribution in [-0.4, -0.2) is 18.8 Å². The number of ether oxygens (including phenoxy) is 1. The number of aliphatic hydroxyl groups excluding tert-OH is 1. The lowest BCUT2D eigenvalue weighted by Gasteiger charge is -2.23. The Balaban J connectivity index is 2.31. The zero-order chi connectivity index (χ0) is 15.4. The first-order valence-electron chi connectivity index (χ1n) is 6.54. The largest absolute Gasteiger partial charge is 0.497 e. The summed E-state index contributed by atoms with van der Waals surface area (Å²) in [6.45, 7) is 0.217. The van der Waals surface area contributed by atoms with Crippen LogP contribution in [0, 0.1) is 5.82 Å². The number of halogens is 2. The molecule has 0 aromatic heterocycles. The van der Waals surface area contributed by atoms with Gasteiger partial charge in [-0.25, -0.2) is 4.39 Å². The molecule has 0 fully saturated rings. The molecule has 2 atom stereocenters. The van der Waals surface area contributed by atoms with E-state index in [4.69, 9.17) is 10.5 Å². The molecule has 2 aromatic carbocycles. The fraction of sp³-hybridized carbons (Fsp3) is 0.250. The van der Waals surface area contributed by atoms with E-state index in [1.54, 1.807) is 6.07 Å². The van der Waals surface area contributed by atoms with Gasteiger partial charge in [-0.2, -0.15) is 0 Å². The Hall–Kier alpha value is -1.43. The molecule has 3 N–H and O–H groups in total. The summed E-state index contributed by atoms with van der Waals surface area (Å²) in [4.78, 5) is 0. The highest BCUT2D eigenvalue weighted by Crippen LogP contribution is 2.33. The van der Waals surface area contributed by atoms with Crippen LogP contribution in [0.3, 0.4) is 0 Å². The van der Waals surface area contributed by atoms with Gasteiger partial charge in [0.15, 0.2) is 0 Å². The summed E-state index contributed by atoms with van der Waals surface area (Å²) in [5.41, 5.74) is 6.85. The third-order valence-electron chi connectivity index (χ3n) is 3.46. The molecule has 0 saturated carbocycles. The second-order valence-electron chi connectivity index (χ2n) is 4.73. The topological polar surface area (TPSA) is 55.5 Å². The third-order valence-corrected chi connectivity index (χ3v) is 3.99. The molecular formula is C16H17BrFNO2. The molecule has 0 spiro atoms. The SMILES string of the molecule is COc1ccc(C(O)C(CN)c2ccc(Br)cc2)c(F)c1. The average Bonchev–Trinajstić information content (AvgIpc) is 2.49. The minimum absolute atomic E-state index is 0.217. The number of hydrogen-bond acceptors (Lipinski definition) is 3. The first-order valence-corrected chi connectivity index (χ1v) is 7.33. The van der Waals surface area contributed by atoms with Crippen molar-refractivity contribution in [2.75, 3.05) is 13.7 Å². The zero-order valence-electron chi connectivity index (χ0n) is 11.6. The van der Waals surface area contributed by atoms with Gasteiger partial charge in [-0.15, -0.1) is 0 Å². The van der Waals surface area contributed by atoms with Crippen molar-refractivity contribution in [3.8, 4) is 5.75 Å². The van der Waals surface area contributed by atoms with Crippen LogP contribution >= 0.6 is 15.9 Å². The highest BCUT2D eigenvalue weighted by molar-refractivity contribution is 9.10. The van der Waals surface area contributed by atoms with Crippen LogP contribution in [0.15, 0.2) is 46.9 Å². The average molecular weight is 354 g/mol. The van der Waals surface area contributed by atoms with Crippen molar-refractivity contribution in [3.63, 3.8) is 0 Å². The van der Waals surface area contributed by atoms with Gasteiger partial charge < -0.3 is 15.6 Å². The molecule has 3 nitrogen and oxygen atoms in total. The van der Waals surface area contributed by atoms with Crippen LogP contribution in [0.25, 0.3) is 0 Å². The standard InChI is InChI=1S/C16H17BrFNO2/c1-21-12-6-7-13(15(18)8-12)16(20)14(9-19)10-2-4-11(17)5-3-10/h2-8,14,16,20H,9,19H2,1H3. The lowest BCUT2D eigenvalue weighted by Crippen LogP contribution is -2.21. The maximum absolute atomic E-state index is 14.1. The quantitative estimate of drug-likeness (QED) is 0.866. The fourth-order valence-electron chi connectivity index (χ4n) is 2.25. The minimum atomic E-state index is -1.01. The van der Waals surface area contributed by atoms with Crippen molar-refractivity contribution >= 4 is 15.9 Å². The Kier molecular flexibility index (Phi) is 5.33. The summed E-state index contributed by atoms with van der Waals surface area (Å²) in [5.74, 6) is -0.463. The van der Waals surface area contributed by atoms with E-state index in [1.807, 2.05) is 24.3 Å². The molecular weight excluding hydrogens is 337 g/mol. The lowest BCUT2D eigenvalue weighted by atomic mass is 9.89. The second kappa shape index (κ2) is 7.02. The Bertz CT molecular complexity index is 604. The Morgan fingerprint density at radius 2 is 1.90 bits per heavy atom. The highest BCUT2D eigenvalue weighted by atomic mass is 79.9. The van der Waals surface area contributed by atoms with Crippen LogP contribution in [0.4, 0.5) is 4.39 Å². The number of hydrogen-bond donors (Lipinski definition) is 2. The molecule has 2 rings (SSSR count). The predicted octanol–water partition coefficient (Wildman–Crippen LogP) is 3.37. The molecule has 21 heavy (non-hydrogen) atoms. The molecule has 0 aliphatic heterocycles. The van der Waals surface area contributed by atoms with Crippen molar-refractivity contribution in [2.45, 2.75) is 12.0 Å². The van der Waals surface area contributed by atoms with E-state index < -0.39 is 11.9 Å². The van der Waals surface area contributed by atoms with Crippen LogP contribution in [0.5, 0.6) is 5.75 Å². The van der Waals surface area contributed by atoms with Gasteiger partial charge in [0.05, 0.1) is 13.2 Å². The first-order chi connectivity index (χ1) is 10.1. The monoisotopic (exact) mass is 353 g/mol. The van der Waals surface area contributed by atoms with Crippen molar-refractivity contribution in [2.24, 2.45) is 5.73 Å². The van der Waals surface area contributed by atoms with E-state index in [1.165, 1.54) is 19.2 Å². The number of nitrogens with two attached hydrogens (primary N) is 1. The lowest BCUT2D eigenvalue weighted by molar-refractivity contribution is 0.143. The smallest absolute Gasteiger partial charge is 0.132 e. The normalized spacial score (nSPS) is 13.8. The number of aliphatic hydroxyl groups is 1. The third kappa shape index (κ3) is 3.61. The molecule has 0 saturated heterocycles. The summed E-state index contributed by atoms with van der Waals surface area (Å²) >= 11 is 3.36. The van der Waals surface area contributed by atoms with Gasteiger partial charge in [0.2, 0.25) is 0 Å². The van der Waals surface area contributed by atoms with Crippen LogP contribution in [-0.2, 0) is 0 Å². The predicted molar refractivity (Wildman–Crippen MR) is 83.8 cm³/mol. The number of rotatable bonds is 5. The maximum atomic E-state index is 14.1. The molecule has 2 aromatic rings. The summed E-state index contributed by atoms with van der Waals surface area (Å²) in [6.07, 6.45) is -1.01. The summed E-state index contributed by atoms with van der Waals surface area (Å²) in [7, 11) is 1.47. The van der Waals surface area contributed by atoms with Gasteiger partial charge in [0.1, 0.15) is 11.6 Å². The molecule has 0 aliphatic carbocycles. The van der Waals surface area contributed by atoms with Crippen molar-refractivity contribution in [1.29, 1.82) is 0 Å². The van der Waals surface area contributed by atoms with Gasteiger partial charge in [-0.1, -0.05) is 28.1 Å². The van der Waals surface area contributed by atoms with Crippen molar-refractivity contribution in [1.82, 2.24) is 0 Å². The molecule has 0 amide bonds. The Labute approximate surface area is 131 Å². The van der Waals surface area contributed by atoms with E-state index in [9.17, 15) is 9.50 Å². The fourth-order valence-corrected chi connectivity index (χ4v) is 2.51. The van der Waals surface area contributed by atoms with Crippen LogP contribution in [0.2, 0.25) is 0 Å². The first kappa shape index (κ1) is 15.9. The zero-order valence-corrected chi connectivity index (χ0v) is 13.2. The van der Waals surface area contributed by atoms with Gasteiger partial charge in [0.25, 0.3) is 0 Å². The Morgan fingerprint density at radius 3 is 2.43 bits per heavy atom. The molecule has 2 unspecified atom stereocenters. The van der Waals surface area contributed by atoms with E-state index in [-0.39, 0.29) is 18.0 Å². The van der Waals surface area contributed by atoms with Gasteiger partial charge >= 0.3 is 0 Å². The Morgan fingerprint density at radius 1 is 1.24 bits per heavy atom. The summed E-state index contributed by atoms with van der Waals surface area (Å²) in [6, 6.07) is 11.9. The maximum Gasteiger partial charge on any atom is 0.132 e. The van der Waals surface area contributed by atoms with Crippen LogP contribution < -0.4 is 10.5 Å². The second-order valence-corrected chi connectivity index (χ2v) is 5.64. The van der Waals surface area contributed by atoms with Crippen molar-refractivity contribution < 1.29 is 14.2 Å². The van der Waals surface area contributed by atoms with E-state index in [2.05, 4.69) is 15.9 Å². The molecule has 0 radical (unpaired) electrons. The highest BCUT2D eigenvalue weighted by Gasteiger charge is 2.24. The minimum Gasteiger partial charge on any atom is -0.497 e.